The fourth-order valence-electron chi connectivity index (χ4n) is 2.47. The van der Waals surface area contributed by atoms with E-state index >= 15 is 0 Å². The lowest BCUT2D eigenvalue weighted by atomic mass is 10.1. The smallest absolute Gasteiger partial charge is 0.171 e. The molecule has 0 heterocycles. The van der Waals surface area contributed by atoms with Gasteiger partial charge in [0.1, 0.15) is 0 Å². The summed E-state index contributed by atoms with van der Waals surface area (Å²) in [5, 5.41) is 7.41. The maximum atomic E-state index is 5.53. The molecule has 0 saturated heterocycles. The van der Waals surface area contributed by atoms with Crippen LogP contribution in [0.2, 0.25) is 0 Å². The van der Waals surface area contributed by atoms with Gasteiger partial charge in [0.25, 0.3) is 0 Å². The molecule has 2 aromatic rings. The van der Waals surface area contributed by atoms with Crippen molar-refractivity contribution >= 4 is 23.0 Å². The Morgan fingerprint density at radius 1 is 1.09 bits per heavy atom. The van der Waals surface area contributed by atoms with E-state index in [0.29, 0.717) is 5.11 Å². The minimum Gasteiger partial charge on any atom is -0.354 e. The van der Waals surface area contributed by atoms with E-state index in [0.717, 1.165) is 12.2 Å². The van der Waals surface area contributed by atoms with Crippen molar-refractivity contribution in [3.63, 3.8) is 0 Å². The molecule has 2 aromatic carbocycles. The highest BCUT2D eigenvalue weighted by molar-refractivity contribution is 7.80. The van der Waals surface area contributed by atoms with Gasteiger partial charge >= 0.3 is 0 Å². The highest BCUT2D eigenvalue weighted by Gasteiger charge is 2.14. The Labute approximate surface area is 144 Å². The number of nitrogens with one attached hydrogen (secondary N) is 2. The number of likely N-dealkylation sites (N-methyl/N-ethyl adjacent to an activating group) is 1. The van der Waals surface area contributed by atoms with Crippen LogP contribution in [0.15, 0.2) is 48.5 Å². The van der Waals surface area contributed by atoms with Crippen molar-refractivity contribution in [2.24, 2.45) is 0 Å². The van der Waals surface area contributed by atoms with Crippen molar-refractivity contribution in [1.29, 1.82) is 0 Å². The second-order valence-electron chi connectivity index (χ2n) is 6.14. The van der Waals surface area contributed by atoms with Crippen LogP contribution in [0.1, 0.15) is 22.7 Å². The van der Waals surface area contributed by atoms with Gasteiger partial charge in [-0.15, -0.1) is 0 Å². The fraction of sp³-hybridized carbons (Fsp3) is 0.316. The van der Waals surface area contributed by atoms with E-state index in [1.807, 2.05) is 6.07 Å². The molecule has 0 aliphatic rings. The highest BCUT2D eigenvalue weighted by Crippen LogP contribution is 2.18. The number of hydrogen-bond donors (Lipinski definition) is 2. The summed E-state index contributed by atoms with van der Waals surface area (Å²) in [6, 6.07) is 16.9. The summed E-state index contributed by atoms with van der Waals surface area (Å²) in [6.45, 7) is 5.04. The number of rotatable bonds is 5. The van der Waals surface area contributed by atoms with Crippen LogP contribution in [0.4, 0.5) is 5.69 Å². The molecule has 1 atom stereocenters. The average Bonchev–Trinajstić information content (AvgIpc) is 2.51. The Morgan fingerprint density at radius 2 is 1.78 bits per heavy atom. The zero-order valence-electron chi connectivity index (χ0n) is 14.3. The molecule has 2 rings (SSSR count). The van der Waals surface area contributed by atoms with Crippen LogP contribution in [0.5, 0.6) is 0 Å². The first-order valence-corrected chi connectivity index (χ1v) is 8.21. The molecule has 0 aromatic heterocycles. The van der Waals surface area contributed by atoms with Gasteiger partial charge in [-0.2, -0.15) is 0 Å². The molecule has 0 amide bonds. The van der Waals surface area contributed by atoms with Gasteiger partial charge in [0, 0.05) is 12.2 Å². The maximum absolute atomic E-state index is 5.53. The van der Waals surface area contributed by atoms with Crippen LogP contribution < -0.4 is 10.6 Å². The van der Waals surface area contributed by atoms with Gasteiger partial charge < -0.3 is 15.5 Å². The molecule has 23 heavy (non-hydrogen) atoms. The number of nitrogens with zero attached hydrogens (tertiary/aromatic N) is 1. The van der Waals surface area contributed by atoms with E-state index in [1.54, 1.807) is 0 Å². The molecule has 0 aliphatic carbocycles. The Balaban J connectivity index is 2.10. The number of thiocarbonyl (C=S) groups is 1. The average molecular weight is 327 g/mol. The Bertz CT molecular complexity index is 653. The molecule has 0 fully saturated rings. The number of aryl methyl sites for hydroxylation is 2. The highest BCUT2D eigenvalue weighted by atomic mass is 32.1. The summed E-state index contributed by atoms with van der Waals surface area (Å²) in [7, 11) is 4.14. The Hall–Kier alpha value is -1.91. The lowest BCUT2D eigenvalue weighted by Gasteiger charge is -2.25. The third-order valence-electron chi connectivity index (χ3n) is 3.70. The van der Waals surface area contributed by atoms with Crippen LogP contribution in [0.25, 0.3) is 0 Å². The predicted molar refractivity (Wildman–Crippen MR) is 103 cm³/mol. The molecule has 0 bridgehead atoms. The summed E-state index contributed by atoms with van der Waals surface area (Å²) in [6.07, 6.45) is 0. The number of anilines is 1. The zero-order valence-corrected chi connectivity index (χ0v) is 15.1. The van der Waals surface area contributed by atoms with E-state index < -0.39 is 0 Å². The minimum absolute atomic E-state index is 0.149. The first-order chi connectivity index (χ1) is 11.0. The van der Waals surface area contributed by atoms with Crippen LogP contribution in [-0.4, -0.2) is 30.7 Å². The summed E-state index contributed by atoms with van der Waals surface area (Å²) < 4.78 is 0. The third kappa shape index (κ3) is 5.34. The van der Waals surface area contributed by atoms with E-state index in [1.165, 1.54) is 16.7 Å². The topological polar surface area (TPSA) is 27.3 Å². The largest absolute Gasteiger partial charge is 0.354 e. The van der Waals surface area contributed by atoms with E-state index in [-0.39, 0.29) is 6.04 Å². The van der Waals surface area contributed by atoms with Gasteiger partial charge in [0.2, 0.25) is 0 Å². The van der Waals surface area contributed by atoms with Crippen molar-refractivity contribution in [3.05, 3.63) is 65.2 Å². The molecule has 0 saturated carbocycles. The molecule has 3 nitrogen and oxygen atoms in total. The molecular weight excluding hydrogens is 302 g/mol. The van der Waals surface area contributed by atoms with Gasteiger partial charge in [0.05, 0.1) is 6.04 Å². The normalized spacial score (nSPS) is 12.0. The summed E-state index contributed by atoms with van der Waals surface area (Å²) in [5.74, 6) is 0. The van der Waals surface area contributed by atoms with Gasteiger partial charge in [0.15, 0.2) is 5.11 Å². The lowest BCUT2D eigenvalue weighted by molar-refractivity contribution is 0.363. The van der Waals surface area contributed by atoms with Gasteiger partial charge in [-0.25, -0.2) is 0 Å². The fourth-order valence-corrected chi connectivity index (χ4v) is 2.72. The second kappa shape index (κ2) is 8.09. The SMILES string of the molecule is Cc1ccc(C)c(NC(=S)N[C@H](CN(C)C)c2ccccc2)c1. The van der Waals surface area contributed by atoms with Crippen molar-refractivity contribution in [2.75, 3.05) is 26.0 Å². The molecule has 2 N–H and O–H groups in total. The summed E-state index contributed by atoms with van der Waals surface area (Å²) in [4.78, 5) is 2.16. The van der Waals surface area contributed by atoms with Crippen molar-refractivity contribution < 1.29 is 0 Å². The molecule has 0 unspecified atom stereocenters. The third-order valence-corrected chi connectivity index (χ3v) is 3.92. The first-order valence-electron chi connectivity index (χ1n) is 7.80. The molecule has 0 aliphatic heterocycles. The van der Waals surface area contributed by atoms with Crippen molar-refractivity contribution in [1.82, 2.24) is 10.2 Å². The number of benzene rings is 2. The van der Waals surface area contributed by atoms with E-state index in [2.05, 4.69) is 85.9 Å². The van der Waals surface area contributed by atoms with Crippen LogP contribution in [-0.2, 0) is 0 Å². The standard InChI is InChI=1S/C19H25N3S/c1-14-10-11-15(2)17(12-14)20-19(23)21-18(13-22(3)4)16-8-6-5-7-9-16/h5-12,18H,13H2,1-4H3,(H2,20,21,23)/t18-/m1/s1. The van der Waals surface area contributed by atoms with Crippen molar-refractivity contribution in [3.8, 4) is 0 Å². The van der Waals surface area contributed by atoms with Crippen LogP contribution in [0.3, 0.4) is 0 Å². The lowest BCUT2D eigenvalue weighted by Crippen LogP contribution is -2.37. The summed E-state index contributed by atoms with van der Waals surface area (Å²) in [5.41, 5.74) is 4.68. The quantitative estimate of drug-likeness (QED) is 0.815. The van der Waals surface area contributed by atoms with Crippen LogP contribution >= 0.6 is 12.2 Å². The molecule has 0 radical (unpaired) electrons. The number of hydrogen-bond acceptors (Lipinski definition) is 2. The van der Waals surface area contributed by atoms with Crippen LogP contribution in [0, 0.1) is 13.8 Å². The minimum atomic E-state index is 0.149. The van der Waals surface area contributed by atoms with Gasteiger partial charge in [-0.05, 0) is 62.9 Å². The van der Waals surface area contributed by atoms with E-state index in [9.17, 15) is 0 Å². The first kappa shape index (κ1) is 17.4. The van der Waals surface area contributed by atoms with Gasteiger partial charge in [-0.3, -0.25) is 0 Å². The molecular formula is C19H25N3S. The molecule has 122 valence electrons. The Kier molecular flexibility index (Phi) is 6.13. The molecule has 0 spiro atoms. The second-order valence-corrected chi connectivity index (χ2v) is 6.55. The Morgan fingerprint density at radius 3 is 2.43 bits per heavy atom. The van der Waals surface area contributed by atoms with E-state index in [4.69, 9.17) is 12.2 Å². The predicted octanol–water partition coefficient (Wildman–Crippen LogP) is 3.89. The van der Waals surface area contributed by atoms with Gasteiger partial charge in [-0.1, -0.05) is 42.5 Å². The van der Waals surface area contributed by atoms with Crippen molar-refractivity contribution in [2.45, 2.75) is 19.9 Å². The zero-order chi connectivity index (χ0) is 16.8. The maximum Gasteiger partial charge on any atom is 0.171 e. The molecule has 4 heteroatoms. The monoisotopic (exact) mass is 327 g/mol. The summed E-state index contributed by atoms with van der Waals surface area (Å²) >= 11 is 5.53.